The van der Waals surface area contributed by atoms with E-state index in [0.29, 0.717) is 13.1 Å². The highest BCUT2D eigenvalue weighted by atomic mass is 16.6. The van der Waals surface area contributed by atoms with E-state index in [9.17, 15) is 9.59 Å². The molecule has 162 valence electrons. The molecule has 0 fully saturated rings. The maximum Gasteiger partial charge on any atom is 0.407 e. The molecule has 29 heavy (non-hydrogen) atoms. The second-order valence-electron chi connectivity index (χ2n) is 7.60. The molecule has 0 spiro atoms. The van der Waals surface area contributed by atoms with Gasteiger partial charge in [0, 0.05) is 38.8 Å². The molecule has 0 bridgehead atoms. The van der Waals surface area contributed by atoms with E-state index in [4.69, 9.17) is 4.74 Å². The lowest BCUT2D eigenvalue weighted by Crippen LogP contribution is -2.38. The Labute approximate surface area is 173 Å². The first kappa shape index (κ1) is 24.3. The smallest absolute Gasteiger partial charge is 0.407 e. The normalized spacial score (nSPS) is 11.6. The number of nitrogens with one attached hydrogen (secondary N) is 4. The minimum Gasteiger partial charge on any atom is -0.444 e. The van der Waals surface area contributed by atoms with Crippen molar-refractivity contribution in [1.82, 2.24) is 16.0 Å². The second kappa shape index (κ2) is 12.6. The van der Waals surface area contributed by atoms with E-state index in [0.717, 1.165) is 37.6 Å². The summed E-state index contributed by atoms with van der Waals surface area (Å²) < 4.78 is 5.19. The summed E-state index contributed by atoms with van der Waals surface area (Å²) in [6.45, 7) is 11.6. The monoisotopic (exact) mass is 405 g/mol. The minimum absolute atomic E-state index is 0.0767. The van der Waals surface area contributed by atoms with Gasteiger partial charge in [-0.2, -0.15) is 0 Å². The van der Waals surface area contributed by atoms with Crippen LogP contribution in [0, 0.1) is 0 Å². The Balaban J connectivity index is 2.33. The molecule has 0 saturated heterocycles. The lowest BCUT2D eigenvalue weighted by Gasteiger charge is -2.19. The van der Waals surface area contributed by atoms with Crippen molar-refractivity contribution in [3.8, 4) is 0 Å². The van der Waals surface area contributed by atoms with Crippen molar-refractivity contribution in [1.29, 1.82) is 0 Å². The van der Waals surface area contributed by atoms with Gasteiger partial charge in [-0.15, -0.1) is 0 Å². The van der Waals surface area contributed by atoms with Gasteiger partial charge in [0.15, 0.2) is 5.96 Å². The van der Waals surface area contributed by atoms with Crippen molar-refractivity contribution in [2.24, 2.45) is 4.99 Å². The van der Waals surface area contributed by atoms with Gasteiger partial charge in [-0.05, 0) is 58.2 Å². The highest BCUT2D eigenvalue weighted by molar-refractivity contribution is 5.88. The molecule has 0 heterocycles. The number of nitrogens with zero attached hydrogens (tertiary/aromatic N) is 1. The summed E-state index contributed by atoms with van der Waals surface area (Å²) in [7, 11) is 0. The van der Waals surface area contributed by atoms with Gasteiger partial charge in [-0.25, -0.2) is 4.79 Å². The number of alkyl carbamates (subject to hydrolysis) is 1. The fraction of sp³-hybridized carbons (Fsp3) is 0.571. The largest absolute Gasteiger partial charge is 0.444 e. The van der Waals surface area contributed by atoms with Crippen LogP contribution in [-0.4, -0.2) is 49.7 Å². The SMILES string of the molecule is CCNC(=NCCCNC(=O)OC(C)(C)C)NCCc1ccc(NC(C)=O)cc1. The van der Waals surface area contributed by atoms with E-state index in [1.165, 1.54) is 12.5 Å². The van der Waals surface area contributed by atoms with Crippen LogP contribution in [0.3, 0.4) is 0 Å². The number of hydrogen-bond donors (Lipinski definition) is 4. The van der Waals surface area contributed by atoms with E-state index in [1.807, 2.05) is 52.0 Å². The summed E-state index contributed by atoms with van der Waals surface area (Å²) in [5.41, 5.74) is 1.47. The topological polar surface area (TPSA) is 104 Å². The van der Waals surface area contributed by atoms with Gasteiger partial charge in [-0.3, -0.25) is 9.79 Å². The Morgan fingerprint density at radius 3 is 2.31 bits per heavy atom. The predicted molar refractivity (Wildman–Crippen MR) is 117 cm³/mol. The Kier molecular flexibility index (Phi) is 10.6. The van der Waals surface area contributed by atoms with Crippen LogP contribution in [0.25, 0.3) is 0 Å². The van der Waals surface area contributed by atoms with Crippen LogP contribution in [-0.2, 0) is 16.0 Å². The number of aliphatic imine (C=N–C) groups is 1. The van der Waals surface area contributed by atoms with Gasteiger partial charge >= 0.3 is 6.09 Å². The lowest BCUT2D eigenvalue weighted by atomic mass is 10.1. The van der Waals surface area contributed by atoms with E-state index in [2.05, 4.69) is 26.3 Å². The van der Waals surface area contributed by atoms with Crippen LogP contribution < -0.4 is 21.3 Å². The Hall–Kier alpha value is -2.77. The van der Waals surface area contributed by atoms with E-state index in [-0.39, 0.29) is 5.91 Å². The molecular weight excluding hydrogens is 370 g/mol. The number of guanidine groups is 1. The molecule has 1 aromatic carbocycles. The molecule has 1 rings (SSSR count). The first-order chi connectivity index (χ1) is 13.7. The number of benzene rings is 1. The average Bonchev–Trinajstić information content (AvgIpc) is 2.61. The number of carbonyl (C=O) groups is 2. The number of carbonyl (C=O) groups excluding carboxylic acids is 2. The first-order valence-corrected chi connectivity index (χ1v) is 10.0. The Morgan fingerprint density at radius 1 is 1.03 bits per heavy atom. The third-order valence-corrected chi connectivity index (χ3v) is 3.60. The van der Waals surface area contributed by atoms with Crippen LogP contribution in [0.5, 0.6) is 0 Å². The van der Waals surface area contributed by atoms with E-state index < -0.39 is 11.7 Å². The minimum atomic E-state index is -0.491. The zero-order valence-electron chi connectivity index (χ0n) is 18.2. The molecule has 0 saturated carbocycles. The van der Waals surface area contributed by atoms with Crippen LogP contribution in [0.2, 0.25) is 0 Å². The zero-order chi connectivity index (χ0) is 21.7. The molecule has 0 aliphatic rings. The maximum atomic E-state index is 11.6. The Morgan fingerprint density at radius 2 is 1.72 bits per heavy atom. The summed E-state index contributed by atoms with van der Waals surface area (Å²) >= 11 is 0. The molecule has 0 aliphatic carbocycles. The summed E-state index contributed by atoms with van der Waals surface area (Å²) in [4.78, 5) is 27.2. The van der Waals surface area contributed by atoms with Crippen LogP contribution in [0.15, 0.2) is 29.3 Å². The average molecular weight is 406 g/mol. The summed E-state index contributed by atoms with van der Waals surface area (Å²) in [6.07, 6.45) is 1.15. The van der Waals surface area contributed by atoms with Crippen molar-refractivity contribution in [3.63, 3.8) is 0 Å². The molecule has 0 aromatic heterocycles. The highest BCUT2D eigenvalue weighted by Crippen LogP contribution is 2.09. The molecular formula is C21H35N5O3. The fourth-order valence-electron chi connectivity index (χ4n) is 2.40. The standard InChI is InChI=1S/C21H35N5O3/c1-6-22-19(23-13-7-14-25-20(28)29-21(3,4)5)24-15-12-17-8-10-18(11-9-17)26-16(2)27/h8-11H,6-7,12-15H2,1-5H3,(H,25,28)(H,26,27)(H2,22,23,24). The van der Waals surface area contributed by atoms with Crippen molar-refractivity contribution in [2.75, 3.05) is 31.5 Å². The van der Waals surface area contributed by atoms with Gasteiger partial charge < -0.3 is 26.0 Å². The van der Waals surface area contributed by atoms with Crippen LogP contribution >= 0.6 is 0 Å². The highest BCUT2D eigenvalue weighted by Gasteiger charge is 2.15. The molecule has 8 nitrogen and oxygen atoms in total. The van der Waals surface area contributed by atoms with Gasteiger partial charge in [0.2, 0.25) is 5.91 Å². The van der Waals surface area contributed by atoms with Crippen molar-refractivity contribution in [2.45, 2.75) is 53.1 Å². The molecule has 8 heteroatoms. The molecule has 0 unspecified atom stereocenters. The lowest BCUT2D eigenvalue weighted by molar-refractivity contribution is -0.114. The van der Waals surface area contributed by atoms with Gasteiger partial charge in [0.25, 0.3) is 0 Å². The summed E-state index contributed by atoms with van der Waals surface area (Å²) in [5.74, 6) is 0.673. The molecule has 1 aromatic rings. The molecule has 0 atom stereocenters. The summed E-state index contributed by atoms with van der Waals surface area (Å²) in [5, 5.41) is 12.0. The Bertz CT molecular complexity index is 666. The molecule has 0 radical (unpaired) electrons. The number of amides is 2. The van der Waals surface area contributed by atoms with Gasteiger partial charge in [0.05, 0.1) is 0 Å². The molecule has 0 aliphatic heterocycles. The number of rotatable bonds is 9. The fourth-order valence-corrected chi connectivity index (χ4v) is 2.40. The van der Waals surface area contributed by atoms with Crippen LogP contribution in [0.1, 0.15) is 46.6 Å². The van der Waals surface area contributed by atoms with E-state index >= 15 is 0 Å². The summed E-state index contributed by atoms with van der Waals surface area (Å²) in [6, 6.07) is 7.79. The van der Waals surface area contributed by atoms with Gasteiger partial charge in [-0.1, -0.05) is 12.1 Å². The quantitative estimate of drug-likeness (QED) is 0.287. The third-order valence-electron chi connectivity index (χ3n) is 3.60. The third kappa shape index (κ3) is 12.3. The predicted octanol–water partition coefficient (Wildman–Crippen LogP) is 2.66. The first-order valence-electron chi connectivity index (χ1n) is 10.0. The molecule has 2 amide bonds. The van der Waals surface area contributed by atoms with Gasteiger partial charge in [0.1, 0.15) is 5.60 Å². The number of hydrogen-bond acceptors (Lipinski definition) is 4. The second-order valence-corrected chi connectivity index (χ2v) is 7.60. The maximum absolute atomic E-state index is 11.6. The molecule has 4 N–H and O–H groups in total. The zero-order valence-corrected chi connectivity index (χ0v) is 18.2. The van der Waals surface area contributed by atoms with Crippen LogP contribution in [0.4, 0.5) is 10.5 Å². The van der Waals surface area contributed by atoms with Crippen molar-refractivity contribution >= 4 is 23.6 Å². The number of ether oxygens (including phenoxy) is 1. The van der Waals surface area contributed by atoms with Crippen molar-refractivity contribution < 1.29 is 14.3 Å². The number of anilines is 1. The van der Waals surface area contributed by atoms with Crippen molar-refractivity contribution in [3.05, 3.63) is 29.8 Å². The van der Waals surface area contributed by atoms with E-state index in [1.54, 1.807) is 0 Å².